The van der Waals surface area contributed by atoms with Gasteiger partial charge in [-0.2, -0.15) is 4.90 Å². The molecule has 0 spiro atoms. The molecular formula is C8H9NaS. The first-order chi connectivity index (χ1) is 4.22. The van der Waals surface area contributed by atoms with E-state index in [1.54, 1.807) is 0 Å². The predicted molar refractivity (Wildman–Crippen MR) is 41.5 cm³/mol. The van der Waals surface area contributed by atoms with E-state index >= 15 is 0 Å². The molecule has 0 N–H and O–H groups in total. The summed E-state index contributed by atoms with van der Waals surface area (Å²) in [5, 5.41) is 0. The quantitative estimate of drug-likeness (QED) is 0.354. The Kier molecular flexibility index (Phi) is 4.54. The van der Waals surface area contributed by atoms with Crippen molar-refractivity contribution in [2.75, 3.05) is 0 Å². The van der Waals surface area contributed by atoms with E-state index in [4.69, 9.17) is 12.6 Å². The Bertz CT molecular complexity index is 200. The molecule has 0 saturated carbocycles. The smallest absolute Gasteiger partial charge is 0.779 e. The van der Waals surface area contributed by atoms with E-state index in [1.807, 2.05) is 32.0 Å². The molecule has 0 unspecified atom stereocenters. The van der Waals surface area contributed by atoms with Gasteiger partial charge in [-0.1, -0.05) is 29.3 Å². The van der Waals surface area contributed by atoms with Gasteiger partial charge in [0.25, 0.3) is 0 Å². The summed E-state index contributed by atoms with van der Waals surface area (Å²) in [4.78, 5) is 0.998. The zero-order valence-corrected chi connectivity index (χ0v) is 9.46. The maximum absolute atomic E-state index is 5.09. The fraction of sp³-hybridized carbons (Fsp3) is 0.250. The standard InChI is InChI=1S/C8H10S.Na/c1-6-4-3-5-7(2)8(6)9;/h3-5,9H,1-2H3;/q;+1/p-1. The Hall–Kier alpha value is 0.440. The van der Waals surface area contributed by atoms with E-state index in [9.17, 15) is 0 Å². The van der Waals surface area contributed by atoms with Gasteiger partial charge in [-0.25, -0.2) is 0 Å². The van der Waals surface area contributed by atoms with E-state index in [1.165, 1.54) is 11.1 Å². The van der Waals surface area contributed by atoms with Crippen LogP contribution >= 0.6 is 0 Å². The molecule has 1 aromatic carbocycles. The van der Waals surface area contributed by atoms with Crippen molar-refractivity contribution >= 4 is 12.6 Å². The number of hydrogen-bond acceptors (Lipinski definition) is 1. The number of rotatable bonds is 0. The SMILES string of the molecule is Cc1cccc(C)c1[S-].[Na+]. The molecule has 2 heteroatoms. The topological polar surface area (TPSA) is 0 Å². The Labute approximate surface area is 89.7 Å². The Balaban J connectivity index is 0.000000810. The van der Waals surface area contributed by atoms with Gasteiger partial charge in [-0.05, 0) is 13.8 Å². The normalized spacial score (nSPS) is 8.60. The van der Waals surface area contributed by atoms with Crippen molar-refractivity contribution in [3.05, 3.63) is 29.3 Å². The summed E-state index contributed by atoms with van der Waals surface area (Å²) in [6.07, 6.45) is 0. The van der Waals surface area contributed by atoms with Gasteiger partial charge in [-0.3, -0.25) is 0 Å². The van der Waals surface area contributed by atoms with Crippen LogP contribution in [0.15, 0.2) is 23.1 Å². The van der Waals surface area contributed by atoms with Crippen molar-refractivity contribution in [1.29, 1.82) is 0 Å². The van der Waals surface area contributed by atoms with E-state index in [-0.39, 0.29) is 29.6 Å². The summed E-state index contributed by atoms with van der Waals surface area (Å²) < 4.78 is 0. The van der Waals surface area contributed by atoms with Crippen molar-refractivity contribution < 1.29 is 29.6 Å². The molecule has 0 nitrogen and oxygen atoms in total. The molecule has 1 aromatic rings. The molecule has 0 saturated heterocycles. The van der Waals surface area contributed by atoms with Crippen LogP contribution in [-0.2, 0) is 12.6 Å². The largest absolute Gasteiger partial charge is 1.00 e. The third kappa shape index (κ3) is 2.24. The average Bonchev–Trinajstić information content (AvgIpc) is 1.83. The molecule has 48 valence electrons. The molecule has 0 radical (unpaired) electrons. The second kappa shape index (κ2) is 4.35. The van der Waals surface area contributed by atoms with Crippen molar-refractivity contribution in [2.24, 2.45) is 0 Å². The molecule has 0 amide bonds. The summed E-state index contributed by atoms with van der Waals surface area (Å²) in [5.74, 6) is 0. The number of benzene rings is 1. The molecule has 0 fully saturated rings. The Morgan fingerprint density at radius 3 is 1.80 bits per heavy atom. The van der Waals surface area contributed by atoms with Crippen LogP contribution in [0.25, 0.3) is 0 Å². The zero-order chi connectivity index (χ0) is 6.85. The van der Waals surface area contributed by atoms with Crippen LogP contribution in [-0.4, -0.2) is 0 Å². The van der Waals surface area contributed by atoms with Crippen molar-refractivity contribution in [3.8, 4) is 0 Å². The van der Waals surface area contributed by atoms with Crippen molar-refractivity contribution in [2.45, 2.75) is 18.7 Å². The Morgan fingerprint density at radius 1 is 1.10 bits per heavy atom. The first-order valence-electron chi connectivity index (χ1n) is 2.95. The van der Waals surface area contributed by atoms with Gasteiger partial charge in [0.15, 0.2) is 0 Å². The monoisotopic (exact) mass is 160 g/mol. The summed E-state index contributed by atoms with van der Waals surface area (Å²) in [7, 11) is 0. The predicted octanol–water partition coefficient (Wildman–Crippen LogP) is -0.787. The number of aryl methyl sites for hydroxylation is 2. The fourth-order valence-electron chi connectivity index (χ4n) is 0.799. The van der Waals surface area contributed by atoms with Crippen LogP contribution in [0.5, 0.6) is 0 Å². The van der Waals surface area contributed by atoms with E-state index < -0.39 is 0 Å². The molecular weight excluding hydrogens is 151 g/mol. The van der Waals surface area contributed by atoms with Gasteiger partial charge in [0, 0.05) is 0 Å². The molecule has 0 heterocycles. The van der Waals surface area contributed by atoms with Gasteiger partial charge in [0.2, 0.25) is 0 Å². The van der Waals surface area contributed by atoms with E-state index in [0.717, 1.165) is 4.90 Å². The molecule has 0 atom stereocenters. The van der Waals surface area contributed by atoms with Crippen LogP contribution in [0, 0.1) is 13.8 Å². The van der Waals surface area contributed by atoms with Crippen LogP contribution in [0.2, 0.25) is 0 Å². The minimum absolute atomic E-state index is 0. The van der Waals surface area contributed by atoms with Crippen LogP contribution < -0.4 is 29.6 Å². The van der Waals surface area contributed by atoms with Crippen molar-refractivity contribution in [1.82, 2.24) is 0 Å². The first-order valence-corrected chi connectivity index (χ1v) is 3.36. The van der Waals surface area contributed by atoms with Gasteiger partial charge in [-0.15, -0.1) is 0 Å². The van der Waals surface area contributed by atoms with E-state index in [0.29, 0.717) is 0 Å². The van der Waals surface area contributed by atoms with Crippen molar-refractivity contribution in [3.63, 3.8) is 0 Å². The van der Waals surface area contributed by atoms with Crippen LogP contribution in [0.3, 0.4) is 0 Å². The van der Waals surface area contributed by atoms with Gasteiger partial charge < -0.3 is 12.6 Å². The summed E-state index contributed by atoms with van der Waals surface area (Å²) >= 11 is 5.09. The van der Waals surface area contributed by atoms with Crippen LogP contribution in [0.1, 0.15) is 11.1 Å². The fourth-order valence-corrected chi connectivity index (χ4v) is 0.935. The second-order valence-electron chi connectivity index (χ2n) is 2.22. The summed E-state index contributed by atoms with van der Waals surface area (Å²) in [6.45, 7) is 4.07. The third-order valence-corrected chi connectivity index (χ3v) is 2.05. The maximum Gasteiger partial charge on any atom is 1.00 e. The van der Waals surface area contributed by atoms with Gasteiger partial charge in [0.05, 0.1) is 0 Å². The summed E-state index contributed by atoms with van der Waals surface area (Å²) in [5.41, 5.74) is 2.40. The second-order valence-corrected chi connectivity index (χ2v) is 2.63. The number of hydrogen-bond donors (Lipinski definition) is 0. The van der Waals surface area contributed by atoms with Crippen LogP contribution in [0.4, 0.5) is 0 Å². The molecule has 10 heavy (non-hydrogen) atoms. The molecule has 0 aromatic heterocycles. The minimum atomic E-state index is 0. The maximum atomic E-state index is 5.09. The Morgan fingerprint density at radius 2 is 1.50 bits per heavy atom. The van der Waals surface area contributed by atoms with Gasteiger partial charge >= 0.3 is 29.6 Å². The molecule has 1 rings (SSSR count). The first kappa shape index (κ1) is 10.4. The van der Waals surface area contributed by atoms with E-state index in [2.05, 4.69) is 0 Å². The molecule has 0 bridgehead atoms. The summed E-state index contributed by atoms with van der Waals surface area (Å²) in [6, 6.07) is 6.10. The molecule has 0 aliphatic carbocycles. The third-order valence-electron chi connectivity index (χ3n) is 1.41. The molecule has 0 aliphatic heterocycles. The zero-order valence-electron chi connectivity index (χ0n) is 6.64. The average molecular weight is 160 g/mol. The molecule has 0 aliphatic rings. The van der Waals surface area contributed by atoms with Gasteiger partial charge in [0.1, 0.15) is 0 Å². The minimum Gasteiger partial charge on any atom is -0.779 e.